The van der Waals surface area contributed by atoms with Gasteiger partial charge in [-0.25, -0.2) is 0 Å². The zero-order chi connectivity index (χ0) is 20.6. The Hall–Kier alpha value is -3.06. The van der Waals surface area contributed by atoms with E-state index < -0.39 is 0 Å². The van der Waals surface area contributed by atoms with Gasteiger partial charge in [-0.15, -0.1) is 0 Å². The van der Waals surface area contributed by atoms with Gasteiger partial charge in [0.2, 0.25) is 11.8 Å². The van der Waals surface area contributed by atoms with Crippen molar-refractivity contribution in [2.24, 2.45) is 0 Å². The molecule has 2 amide bonds. The summed E-state index contributed by atoms with van der Waals surface area (Å²) in [6.45, 7) is 7.30. The molecule has 1 aliphatic rings. The molecule has 2 aromatic rings. The second-order valence-electron chi connectivity index (χ2n) is 6.83. The van der Waals surface area contributed by atoms with Crippen molar-refractivity contribution in [3.05, 3.63) is 54.0 Å². The van der Waals surface area contributed by atoms with Crippen LogP contribution in [0.1, 0.15) is 18.4 Å². The molecule has 1 saturated heterocycles. The van der Waals surface area contributed by atoms with Crippen LogP contribution in [0.15, 0.2) is 46.9 Å². The molecule has 1 N–H and O–H groups in total. The minimum Gasteiger partial charge on any atom is -0.462 e. The number of carbonyl (C=O) groups is 2. The van der Waals surface area contributed by atoms with Gasteiger partial charge < -0.3 is 24.3 Å². The fourth-order valence-electron chi connectivity index (χ4n) is 3.10. The Bertz CT molecular complexity index is 851. The lowest BCUT2D eigenvalue weighted by Gasteiger charge is -2.29. The number of ether oxygens (including phenoxy) is 1. The summed E-state index contributed by atoms with van der Waals surface area (Å²) >= 11 is 0. The minimum absolute atomic E-state index is 0.0118. The number of anilines is 2. The van der Waals surface area contributed by atoms with Crippen LogP contribution in [0.3, 0.4) is 0 Å². The van der Waals surface area contributed by atoms with E-state index in [0.717, 1.165) is 37.8 Å². The molecule has 0 radical (unpaired) electrons. The molecule has 1 aliphatic heterocycles. The van der Waals surface area contributed by atoms with E-state index in [9.17, 15) is 9.59 Å². The van der Waals surface area contributed by atoms with Crippen molar-refractivity contribution in [2.75, 3.05) is 49.6 Å². The lowest BCUT2D eigenvalue weighted by atomic mass is 10.2. The highest BCUT2D eigenvalue weighted by atomic mass is 16.5. The molecule has 29 heavy (non-hydrogen) atoms. The number of aryl methyl sites for hydroxylation is 1. The fourth-order valence-corrected chi connectivity index (χ4v) is 3.10. The largest absolute Gasteiger partial charge is 0.462 e. The SMILES string of the molecule is CCN(CC(=O)Nc1ccc(N2CCOCC2)cc1)C(=O)/C=C/c1ccc(C)o1. The van der Waals surface area contributed by atoms with Crippen molar-refractivity contribution in [1.82, 2.24) is 4.90 Å². The van der Waals surface area contributed by atoms with Crippen molar-refractivity contribution in [3.8, 4) is 0 Å². The van der Waals surface area contributed by atoms with Crippen LogP contribution in [0, 0.1) is 6.92 Å². The molecule has 7 heteroatoms. The highest BCUT2D eigenvalue weighted by Gasteiger charge is 2.14. The lowest BCUT2D eigenvalue weighted by molar-refractivity contribution is -0.130. The van der Waals surface area contributed by atoms with Crippen molar-refractivity contribution >= 4 is 29.3 Å². The molecule has 0 aliphatic carbocycles. The molecule has 3 rings (SSSR count). The van der Waals surface area contributed by atoms with Crippen molar-refractivity contribution in [3.63, 3.8) is 0 Å². The summed E-state index contributed by atoms with van der Waals surface area (Å²) in [7, 11) is 0. The first-order valence-electron chi connectivity index (χ1n) is 9.81. The van der Waals surface area contributed by atoms with E-state index in [4.69, 9.17) is 9.15 Å². The quantitative estimate of drug-likeness (QED) is 0.727. The van der Waals surface area contributed by atoms with E-state index in [1.165, 1.54) is 11.0 Å². The molecule has 0 atom stereocenters. The van der Waals surface area contributed by atoms with E-state index in [-0.39, 0.29) is 18.4 Å². The molecular weight excluding hydrogens is 370 g/mol. The first kappa shape index (κ1) is 20.7. The van der Waals surface area contributed by atoms with Gasteiger partial charge in [0, 0.05) is 37.1 Å². The number of hydrogen-bond donors (Lipinski definition) is 1. The van der Waals surface area contributed by atoms with Crippen molar-refractivity contribution in [2.45, 2.75) is 13.8 Å². The van der Waals surface area contributed by atoms with Gasteiger partial charge in [0.1, 0.15) is 18.1 Å². The third kappa shape index (κ3) is 5.96. The van der Waals surface area contributed by atoms with Crippen LogP contribution >= 0.6 is 0 Å². The van der Waals surface area contributed by atoms with Gasteiger partial charge >= 0.3 is 0 Å². The molecule has 1 aromatic carbocycles. The van der Waals surface area contributed by atoms with Gasteiger partial charge in [0.25, 0.3) is 0 Å². The summed E-state index contributed by atoms with van der Waals surface area (Å²) in [5.41, 5.74) is 1.81. The molecule has 154 valence electrons. The first-order chi connectivity index (χ1) is 14.0. The molecule has 0 spiro atoms. The maximum atomic E-state index is 12.4. The van der Waals surface area contributed by atoms with Gasteiger partial charge in [-0.3, -0.25) is 9.59 Å². The summed E-state index contributed by atoms with van der Waals surface area (Å²) < 4.78 is 10.8. The summed E-state index contributed by atoms with van der Waals surface area (Å²) in [5.74, 6) is 0.918. The maximum Gasteiger partial charge on any atom is 0.247 e. The number of nitrogens with one attached hydrogen (secondary N) is 1. The number of carbonyl (C=O) groups excluding carboxylic acids is 2. The first-order valence-corrected chi connectivity index (χ1v) is 9.81. The second kappa shape index (κ2) is 9.93. The third-order valence-electron chi connectivity index (χ3n) is 4.71. The Labute approximate surface area is 170 Å². The Morgan fingerprint density at radius 1 is 1.14 bits per heavy atom. The van der Waals surface area contributed by atoms with Crippen LogP contribution in [0.4, 0.5) is 11.4 Å². The van der Waals surface area contributed by atoms with Crippen LogP contribution in [-0.2, 0) is 14.3 Å². The average molecular weight is 397 g/mol. The molecule has 0 saturated carbocycles. The van der Waals surface area contributed by atoms with E-state index >= 15 is 0 Å². The Balaban J connectivity index is 1.52. The number of likely N-dealkylation sites (N-methyl/N-ethyl adjacent to an activating group) is 1. The van der Waals surface area contributed by atoms with Crippen LogP contribution in [0.2, 0.25) is 0 Å². The molecule has 2 heterocycles. The normalized spacial score (nSPS) is 14.2. The molecule has 0 unspecified atom stereocenters. The predicted octanol–water partition coefficient (Wildman–Crippen LogP) is 2.93. The molecular formula is C22H27N3O4. The fraction of sp³-hybridized carbons (Fsp3) is 0.364. The van der Waals surface area contributed by atoms with Gasteiger partial charge in [-0.05, 0) is 56.3 Å². The number of benzene rings is 1. The zero-order valence-electron chi connectivity index (χ0n) is 16.9. The summed E-state index contributed by atoms with van der Waals surface area (Å²) in [4.78, 5) is 28.5. The Kier molecular flexibility index (Phi) is 7.08. The van der Waals surface area contributed by atoms with E-state index in [0.29, 0.717) is 18.0 Å². The van der Waals surface area contributed by atoms with Gasteiger partial charge in [0.05, 0.1) is 13.2 Å². The van der Waals surface area contributed by atoms with E-state index in [2.05, 4.69) is 10.2 Å². The van der Waals surface area contributed by atoms with Crippen LogP contribution in [-0.4, -0.2) is 56.1 Å². The molecule has 1 fully saturated rings. The number of morpholine rings is 1. The van der Waals surface area contributed by atoms with Crippen LogP contribution in [0.25, 0.3) is 6.08 Å². The van der Waals surface area contributed by atoms with Crippen molar-refractivity contribution < 1.29 is 18.7 Å². The zero-order valence-corrected chi connectivity index (χ0v) is 16.9. The number of hydrogen-bond acceptors (Lipinski definition) is 5. The average Bonchev–Trinajstić information content (AvgIpc) is 3.16. The molecule has 1 aromatic heterocycles. The maximum absolute atomic E-state index is 12.4. The number of amides is 2. The second-order valence-corrected chi connectivity index (χ2v) is 6.83. The van der Waals surface area contributed by atoms with Gasteiger partial charge in [-0.1, -0.05) is 0 Å². The lowest BCUT2D eigenvalue weighted by Crippen LogP contribution is -2.37. The van der Waals surface area contributed by atoms with E-state index in [1.54, 1.807) is 12.1 Å². The summed E-state index contributed by atoms with van der Waals surface area (Å²) in [6, 6.07) is 11.3. The monoisotopic (exact) mass is 397 g/mol. The third-order valence-corrected chi connectivity index (χ3v) is 4.71. The topological polar surface area (TPSA) is 75.0 Å². The Morgan fingerprint density at radius 3 is 2.48 bits per heavy atom. The number of furan rings is 1. The van der Waals surface area contributed by atoms with Crippen LogP contribution < -0.4 is 10.2 Å². The Morgan fingerprint density at radius 2 is 1.86 bits per heavy atom. The summed E-state index contributed by atoms with van der Waals surface area (Å²) in [5, 5.41) is 2.85. The summed E-state index contributed by atoms with van der Waals surface area (Å²) in [6.07, 6.45) is 3.03. The number of rotatable bonds is 7. The van der Waals surface area contributed by atoms with Gasteiger partial charge in [-0.2, -0.15) is 0 Å². The smallest absolute Gasteiger partial charge is 0.247 e. The predicted molar refractivity (Wildman–Crippen MR) is 113 cm³/mol. The van der Waals surface area contributed by atoms with Crippen LogP contribution in [0.5, 0.6) is 0 Å². The highest BCUT2D eigenvalue weighted by Crippen LogP contribution is 2.19. The number of nitrogens with zero attached hydrogens (tertiary/aromatic N) is 2. The minimum atomic E-state index is -0.237. The standard InChI is InChI=1S/C22H27N3O4/c1-3-24(22(27)11-10-20-9-4-17(2)29-20)16-21(26)23-18-5-7-19(8-6-18)25-12-14-28-15-13-25/h4-11H,3,12-16H2,1-2H3,(H,23,26)/b11-10+. The highest BCUT2D eigenvalue weighted by molar-refractivity contribution is 5.98. The van der Waals surface area contributed by atoms with Gasteiger partial charge in [0.15, 0.2) is 0 Å². The van der Waals surface area contributed by atoms with Crippen molar-refractivity contribution in [1.29, 1.82) is 0 Å². The molecule has 7 nitrogen and oxygen atoms in total. The molecule has 0 bridgehead atoms. The van der Waals surface area contributed by atoms with E-state index in [1.807, 2.05) is 44.2 Å².